The van der Waals surface area contributed by atoms with E-state index in [1.165, 1.54) is 55.2 Å². The fourth-order valence-corrected chi connectivity index (χ4v) is 7.29. The number of phenols is 1. The van der Waals surface area contributed by atoms with E-state index in [0.29, 0.717) is 22.5 Å². The Morgan fingerprint density at radius 1 is 1.00 bits per heavy atom. The van der Waals surface area contributed by atoms with Gasteiger partial charge in [-0.1, -0.05) is 40.2 Å². The van der Waals surface area contributed by atoms with Crippen LogP contribution in [0.15, 0.2) is 12.1 Å². The number of aryl methyl sites for hydroxylation is 1. The summed E-state index contributed by atoms with van der Waals surface area (Å²) in [7, 11) is 0. The maximum Gasteiger partial charge on any atom is 0.119 e. The van der Waals surface area contributed by atoms with Crippen LogP contribution in [0.5, 0.6) is 5.75 Å². The molecule has 4 atom stereocenters. The molecular weight excluding hydrogens is 280 g/mol. The Morgan fingerprint density at radius 2 is 1.74 bits per heavy atom. The van der Waals surface area contributed by atoms with Crippen LogP contribution in [0.4, 0.5) is 0 Å². The van der Waals surface area contributed by atoms with Gasteiger partial charge in [-0.25, -0.2) is 0 Å². The summed E-state index contributed by atoms with van der Waals surface area (Å²) < 4.78 is 0. The van der Waals surface area contributed by atoms with E-state index >= 15 is 0 Å². The Kier molecular flexibility index (Phi) is 3.08. The van der Waals surface area contributed by atoms with E-state index in [1.807, 2.05) is 6.07 Å². The topological polar surface area (TPSA) is 20.2 Å². The SMILES string of the molecule is Cc1cc(O)c2c(c1)C[C@H]1[C@@]3(C)CCCC(C)(C)[C@@H]3CC[C@]21C. The lowest BCUT2D eigenvalue weighted by Crippen LogP contribution is -2.55. The highest BCUT2D eigenvalue weighted by Gasteiger charge is 2.61. The molecule has 0 amide bonds. The number of fused-ring (bicyclic) bond motifs is 5. The third-order valence-corrected chi connectivity index (χ3v) is 8.13. The first-order valence-corrected chi connectivity index (χ1v) is 9.51. The summed E-state index contributed by atoms with van der Waals surface area (Å²) >= 11 is 0. The second-order valence-corrected chi connectivity index (χ2v) is 9.93. The molecule has 0 heterocycles. The summed E-state index contributed by atoms with van der Waals surface area (Å²) in [5.74, 6) is 2.08. The molecule has 1 N–H and O–H groups in total. The summed E-state index contributed by atoms with van der Waals surface area (Å²) in [5.41, 5.74) is 4.99. The van der Waals surface area contributed by atoms with Gasteiger partial charge in [0.1, 0.15) is 5.75 Å². The number of rotatable bonds is 0. The smallest absolute Gasteiger partial charge is 0.119 e. The van der Waals surface area contributed by atoms with Crippen LogP contribution in [-0.4, -0.2) is 5.11 Å². The highest BCUT2D eigenvalue weighted by molar-refractivity contribution is 5.52. The molecule has 0 radical (unpaired) electrons. The first kappa shape index (κ1) is 15.5. The molecule has 1 aromatic rings. The third kappa shape index (κ3) is 1.91. The van der Waals surface area contributed by atoms with Crippen molar-refractivity contribution < 1.29 is 5.11 Å². The molecule has 0 aromatic heterocycles. The van der Waals surface area contributed by atoms with E-state index in [1.54, 1.807) is 0 Å². The van der Waals surface area contributed by atoms with Crippen molar-refractivity contribution in [1.82, 2.24) is 0 Å². The molecular formula is C22H32O. The molecule has 1 nitrogen and oxygen atoms in total. The lowest BCUT2D eigenvalue weighted by atomic mass is 9.43. The maximum absolute atomic E-state index is 10.7. The van der Waals surface area contributed by atoms with Crippen molar-refractivity contribution in [2.45, 2.75) is 78.6 Å². The highest BCUT2D eigenvalue weighted by Crippen LogP contribution is 2.68. The maximum atomic E-state index is 10.7. The van der Waals surface area contributed by atoms with Crippen molar-refractivity contribution in [3.05, 3.63) is 28.8 Å². The van der Waals surface area contributed by atoms with Crippen molar-refractivity contribution in [2.75, 3.05) is 0 Å². The van der Waals surface area contributed by atoms with Crippen molar-refractivity contribution in [3.8, 4) is 5.75 Å². The average molecular weight is 312 g/mol. The summed E-state index contributed by atoms with van der Waals surface area (Å²) in [6.45, 7) is 12.1. The normalized spacial score (nSPS) is 41.1. The van der Waals surface area contributed by atoms with Gasteiger partial charge in [0, 0.05) is 11.0 Å². The Bertz CT molecular complexity index is 658. The van der Waals surface area contributed by atoms with Gasteiger partial charge in [0.25, 0.3) is 0 Å². The van der Waals surface area contributed by atoms with Gasteiger partial charge in [-0.05, 0) is 78.9 Å². The summed E-state index contributed by atoms with van der Waals surface area (Å²) in [6.07, 6.45) is 7.86. The first-order valence-electron chi connectivity index (χ1n) is 9.51. The van der Waals surface area contributed by atoms with Crippen LogP contribution < -0.4 is 0 Å². The molecule has 2 saturated carbocycles. The number of hydrogen-bond donors (Lipinski definition) is 1. The molecule has 0 bridgehead atoms. The monoisotopic (exact) mass is 312 g/mol. The van der Waals surface area contributed by atoms with Crippen LogP contribution in [0, 0.1) is 29.6 Å². The van der Waals surface area contributed by atoms with Gasteiger partial charge in [-0.15, -0.1) is 0 Å². The molecule has 3 aliphatic rings. The molecule has 2 fully saturated rings. The number of hydrogen-bond acceptors (Lipinski definition) is 1. The zero-order valence-corrected chi connectivity index (χ0v) is 15.5. The lowest BCUT2D eigenvalue weighted by molar-refractivity contribution is -0.0984. The Morgan fingerprint density at radius 3 is 2.48 bits per heavy atom. The predicted octanol–water partition coefficient (Wildman–Crippen LogP) is 5.76. The van der Waals surface area contributed by atoms with Crippen LogP contribution in [0.2, 0.25) is 0 Å². The van der Waals surface area contributed by atoms with Gasteiger partial charge in [0.15, 0.2) is 0 Å². The van der Waals surface area contributed by atoms with E-state index in [2.05, 4.69) is 40.7 Å². The molecule has 0 saturated heterocycles. The molecule has 126 valence electrons. The minimum atomic E-state index is 0.172. The Balaban J connectivity index is 1.84. The predicted molar refractivity (Wildman–Crippen MR) is 95.9 cm³/mol. The minimum absolute atomic E-state index is 0.172. The summed E-state index contributed by atoms with van der Waals surface area (Å²) in [5, 5.41) is 10.7. The largest absolute Gasteiger partial charge is 0.508 e. The van der Waals surface area contributed by atoms with E-state index in [-0.39, 0.29) is 5.41 Å². The standard InChI is InChI=1S/C22H32O/c1-14-11-15-13-18-21(4)9-6-8-20(2,3)17(21)7-10-22(18,5)19(15)16(23)12-14/h11-12,17-18,23H,6-10,13H2,1-5H3/t17-,18-,21-,22-/m0/s1. The summed E-state index contributed by atoms with van der Waals surface area (Å²) in [4.78, 5) is 0. The van der Waals surface area contributed by atoms with E-state index < -0.39 is 0 Å². The molecule has 0 spiro atoms. The van der Waals surface area contributed by atoms with Gasteiger partial charge in [0.05, 0.1) is 0 Å². The summed E-state index contributed by atoms with van der Waals surface area (Å²) in [6, 6.07) is 4.32. The second kappa shape index (κ2) is 4.55. The molecule has 0 aliphatic heterocycles. The zero-order valence-electron chi connectivity index (χ0n) is 15.5. The van der Waals surface area contributed by atoms with Crippen molar-refractivity contribution in [3.63, 3.8) is 0 Å². The van der Waals surface area contributed by atoms with Gasteiger partial charge < -0.3 is 5.11 Å². The van der Waals surface area contributed by atoms with E-state index in [4.69, 9.17) is 0 Å². The zero-order chi connectivity index (χ0) is 16.6. The highest BCUT2D eigenvalue weighted by atomic mass is 16.3. The van der Waals surface area contributed by atoms with Crippen molar-refractivity contribution >= 4 is 0 Å². The Hall–Kier alpha value is -0.980. The quantitative estimate of drug-likeness (QED) is 0.646. The van der Waals surface area contributed by atoms with Crippen LogP contribution in [0.25, 0.3) is 0 Å². The lowest BCUT2D eigenvalue weighted by Gasteiger charge is -2.61. The van der Waals surface area contributed by atoms with Gasteiger partial charge in [-0.2, -0.15) is 0 Å². The van der Waals surface area contributed by atoms with Crippen LogP contribution >= 0.6 is 0 Å². The minimum Gasteiger partial charge on any atom is -0.508 e. The fraction of sp³-hybridized carbons (Fsp3) is 0.727. The van der Waals surface area contributed by atoms with Crippen LogP contribution in [-0.2, 0) is 11.8 Å². The van der Waals surface area contributed by atoms with E-state index in [9.17, 15) is 5.11 Å². The third-order valence-electron chi connectivity index (χ3n) is 8.13. The molecule has 1 heteroatoms. The fourth-order valence-electron chi connectivity index (χ4n) is 7.29. The molecule has 1 aromatic carbocycles. The molecule has 23 heavy (non-hydrogen) atoms. The number of aromatic hydroxyl groups is 1. The van der Waals surface area contributed by atoms with Crippen LogP contribution in [0.3, 0.4) is 0 Å². The number of benzene rings is 1. The van der Waals surface area contributed by atoms with Gasteiger partial charge in [0.2, 0.25) is 0 Å². The first-order chi connectivity index (χ1) is 10.7. The average Bonchev–Trinajstić information content (AvgIpc) is 2.71. The Labute approximate surface area is 141 Å². The second-order valence-electron chi connectivity index (χ2n) is 9.93. The van der Waals surface area contributed by atoms with Crippen molar-refractivity contribution in [1.29, 1.82) is 0 Å². The molecule has 3 aliphatic carbocycles. The van der Waals surface area contributed by atoms with Crippen LogP contribution in [0.1, 0.15) is 76.5 Å². The molecule has 0 unspecified atom stereocenters. The van der Waals surface area contributed by atoms with Crippen molar-refractivity contribution in [2.24, 2.45) is 22.7 Å². The molecule has 4 rings (SSSR count). The van der Waals surface area contributed by atoms with E-state index in [0.717, 1.165) is 5.92 Å². The number of phenolic OH excluding ortho intramolecular Hbond substituents is 1. The van der Waals surface area contributed by atoms with Gasteiger partial charge in [-0.3, -0.25) is 0 Å². The van der Waals surface area contributed by atoms with Gasteiger partial charge >= 0.3 is 0 Å².